The predicted molar refractivity (Wildman–Crippen MR) is 132 cm³/mol. The Balaban J connectivity index is 1.34. The molecule has 0 aliphatic carbocycles. The van der Waals surface area contributed by atoms with Gasteiger partial charge in [0, 0.05) is 35.2 Å². The van der Waals surface area contributed by atoms with E-state index in [0.717, 1.165) is 66.2 Å². The fourth-order valence-corrected chi connectivity index (χ4v) is 4.70. The van der Waals surface area contributed by atoms with Crippen LogP contribution in [0.4, 0.5) is 14.5 Å². The highest BCUT2D eigenvalue weighted by Gasteiger charge is 2.27. The molecule has 1 amide bonds. The highest BCUT2D eigenvalue weighted by molar-refractivity contribution is 6.06. The number of hydrogen-bond donors (Lipinski definition) is 2. The van der Waals surface area contributed by atoms with Crippen molar-refractivity contribution in [1.82, 2.24) is 9.88 Å². The van der Waals surface area contributed by atoms with Crippen LogP contribution in [0.25, 0.3) is 16.5 Å². The number of fused-ring (bicyclic) bond motifs is 1. The standard InChI is InChI=1S/C28H25F2N3O/c1-18(27-8-5-11-33(27)17-19-6-3-2-4-7-19)20-9-10-25-21(12-20)13-26(32-25)28(34)31-24-15-22(29)14-23(30)16-24/h2-4,6-7,9-10,12-16,27,32H,1,5,8,11,17H2,(H,31,34). The number of carbonyl (C=O) groups excluding carboxylic acids is 1. The number of aromatic amines is 1. The van der Waals surface area contributed by atoms with Crippen molar-refractivity contribution in [1.29, 1.82) is 0 Å². The zero-order chi connectivity index (χ0) is 23.7. The summed E-state index contributed by atoms with van der Waals surface area (Å²) in [7, 11) is 0. The van der Waals surface area contributed by atoms with Crippen LogP contribution in [-0.4, -0.2) is 28.4 Å². The zero-order valence-electron chi connectivity index (χ0n) is 18.7. The Labute approximate surface area is 196 Å². The molecule has 1 aromatic heterocycles. The van der Waals surface area contributed by atoms with Crippen molar-refractivity contribution in [3.8, 4) is 0 Å². The van der Waals surface area contributed by atoms with Crippen LogP contribution in [0.5, 0.6) is 0 Å². The average Bonchev–Trinajstić information content (AvgIpc) is 3.45. The third kappa shape index (κ3) is 4.63. The number of benzene rings is 3. The van der Waals surface area contributed by atoms with Crippen LogP contribution in [0.2, 0.25) is 0 Å². The molecule has 1 saturated heterocycles. The van der Waals surface area contributed by atoms with E-state index in [-0.39, 0.29) is 11.7 Å². The van der Waals surface area contributed by atoms with Crippen LogP contribution >= 0.6 is 0 Å². The molecule has 4 aromatic rings. The van der Waals surface area contributed by atoms with Gasteiger partial charge in [-0.2, -0.15) is 0 Å². The normalized spacial score (nSPS) is 16.1. The lowest BCUT2D eigenvalue weighted by Gasteiger charge is -2.26. The molecule has 5 rings (SSSR count). The summed E-state index contributed by atoms with van der Waals surface area (Å²) in [5, 5.41) is 3.41. The van der Waals surface area contributed by atoms with Gasteiger partial charge in [-0.3, -0.25) is 9.69 Å². The molecule has 34 heavy (non-hydrogen) atoms. The maximum absolute atomic E-state index is 13.4. The summed E-state index contributed by atoms with van der Waals surface area (Å²) in [4.78, 5) is 18.2. The van der Waals surface area contributed by atoms with Gasteiger partial charge in [0.1, 0.15) is 17.3 Å². The lowest BCUT2D eigenvalue weighted by Crippen LogP contribution is -2.29. The monoisotopic (exact) mass is 457 g/mol. The summed E-state index contributed by atoms with van der Waals surface area (Å²) in [6, 6.07) is 21.4. The second-order valence-corrected chi connectivity index (χ2v) is 8.74. The summed E-state index contributed by atoms with van der Waals surface area (Å²) >= 11 is 0. The number of anilines is 1. The molecule has 1 fully saturated rings. The van der Waals surface area contributed by atoms with Crippen LogP contribution in [0.3, 0.4) is 0 Å². The Morgan fingerprint density at radius 2 is 1.79 bits per heavy atom. The molecule has 0 radical (unpaired) electrons. The van der Waals surface area contributed by atoms with Crippen molar-refractivity contribution in [3.63, 3.8) is 0 Å². The Kier molecular flexibility index (Phi) is 5.99. The number of likely N-dealkylation sites (tertiary alicyclic amines) is 1. The third-order valence-corrected chi connectivity index (χ3v) is 6.35. The molecule has 2 heterocycles. The lowest BCUT2D eigenvalue weighted by molar-refractivity contribution is 0.102. The van der Waals surface area contributed by atoms with Gasteiger partial charge in [-0.1, -0.05) is 43.0 Å². The van der Waals surface area contributed by atoms with E-state index in [1.165, 1.54) is 5.56 Å². The summed E-state index contributed by atoms with van der Waals surface area (Å²) in [5.74, 6) is -1.96. The number of amides is 1. The van der Waals surface area contributed by atoms with Gasteiger partial charge in [0.25, 0.3) is 5.91 Å². The minimum Gasteiger partial charge on any atom is -0.351 e. The van der Waals surface area contributed by atoms with Gasteiger partial charge in [0.05, 0.1) is 0 Å². The number of aromatic nitrogens is 1. The molecule has 1 aliphatic rings. The van der Waals surface area contributed by atoms with E-state index in [0.29, 0.717) is 5.69 Å². The van der Waals surface area contributed by atoms with Gasteiger partial charge in [0.2, 0.25) is 0 Å². The molecule has 1 atom stereocenters. The molecular formula is C28H25F2N3O. The number of H-pyrrole nitrogens is 1. The zero-order valence-corrected chi connectivity index (χ0v) is 18.7. The number of nitrogens with one attached hydrogen (secondary N) is 2. The van der Waals surface area contributed by atoms with Crippen LogP contribution in [0, 0.1) is 11.6 Å². The summed E-state index contributed by atoms with van der Waals surface area (Å²) in [6.07, 6.45) is 2.20. The van der Waals surface area contributed by atoms with Crippen molar-refractivity contribution < 1.29 is 13.6 Å². The van der Waals surface area contributed by atoms with E-state index in [1.54, 1.807) is 6.07 Å². The van der Waals surface area contributed by atoms with Crippen LogP contribution in [0.1, 0.15) is 34.5 Å². The molecule has 2 N–H and O–H groups in total. The number of halogens is 2. The fraction of sp³-hybridized carbons (Fsp3) is 0.179. The maximum atomic E-state index is 13.4. The second kappa shape index (κ2) is 9.23. The van der Waals surface area contributed by atoms with Gasteiger partial charge in [-0.25, -0.2) is 8.78 Å². The van der Waals surface area contributed by atoms with Gasteiger partial charge in [-0.15, -0.1) is 0 Å². The topological polar surface area (TPSA) is 48.1 Å². The predicted octanol–water partition coefficient (Wildman–Crippen LogP) is 6.38. The molecule has 0 spiro atoms. The average molecular weight is 458 g/mol. The fourth-order valence-electron chi connectivity index (χ4n) is 4.70. The minimum atomic E-state index is -0.747. The van der Waals surface area contributed by atoms with Crippen molar-refractivity contribution >= 4 is 28.1 Å². The smallest absolute Gasteiger partial charge is 0.272 e. The Morgan fingerprint density at radius 1 is 1.03 bits per heavy atom. The number of rotatable bonds is 6. The Morgan fingerprint density at radius 3 is 2.56 bits per heavy atom. The molecule has 3 aromatic carbocycles. The maximum Gasteiger partial charge on any atom is 0.272 e. The van der Waals surface area contributed by atoms with E-state index < -0.39 is 17.5 Å². The Bertz CT molecular complexity index is 1340. The van der Waals surface area contributed by atoms with Crippen molar-refractivity contribution in [2.75, 3.05) is 11.9 Å². The van der Waals surface area contributed by atoms with E-state index in [2.05, 4.69) is 46.0 Å². The van der Waals surface area contributed by atoms with E-state index in [4.69, 9.17) is 0 Å². The second-order valence-electron chi connectivity index (χ2n) is 8.74. The van der Waals surface area contributed by atoms with Crippen LogP contribution < -0.4 is 5.32 Å². The van der Waals surface area contributed by atoms with Gasteiger partial charge >= 0.3 is 0 Å². The molecule has 4 nitrogen and oxygen atoms in total. The van der Waals surface area contributed by atoms with Gasteiger partial charge < -0.3 is 10.3 Å². The molecule has 0 bridgehead atoms. The lowest BCUT2D eigenvalue weighted by atomic mass is 9.97. The summed E-state index contributed by atoms with van der Waals surface area (Å²) in [5.41, 5.74) is 4.58. The minimum absolute atomic E-state index is 0.0648. The van der Waals surface area contributed by atoms with E-state index in [9.17, 15) is 13.6 Å². The first kappa shape index (κ1) is 22.0. The van der Waals surface area contributed by atoms with Crippen molar-refractivity contribution in [2.24, 2.45) is 0 Å². The summed E-state index contributed by atoms with van der Waals surface area (Å²) in [6.45, 7) is 6.35. The first-order valence-electron chi connectivity index (χ1n) is 11.3. The first-order valence-corrected chi connectivity index (χ1v) is 11.3. The molecule has 0 saturated carbocycles. The third-order valence-electron chi connectivity index (χ3n) is 6.35. The quantitative estimate of drug-likeness (QED) is 0.353. The molecule has 1 unspecified atom stereocenters. The van der Waals surface area contributed by atoms with E-state index in [1.807, 2.05) is 24.3 Å². The first-order chi connectivity index (χ1) is 16.5. The van der Waals surface area contributed by atoms with Crippen LogP contribution in [0.15, 0.2) is 79.4 Å². The van der Waals surface area contributed by atoms with Gasteiger partial charge in [0.15, 0.2) is 0 Å². The largest absolute Gasteiger partial charge is 0.351 e. The Hall–Kier alpha value is -3.77. The van der Waals surface area contributed by atoms with E-state index >= 15 is 0 Å². The SMILES string of the molecule is C=C(c1ccc2[nH]c(C(=O)Nc3cc(F)cc(F)c3)cc2c1)C1CCCN1Cc1ccccc1. The van der Waals surface area contributed by atoms with Crippen molar-refractivity contribution in [2.45, 2.75) is 25.4 Å². The highest BCUT2D eigenvalue weighted by Crippen LogP contribution is 2.32. The molecular weight excluding hydrogens is 432 g/mol. The molecule has 172 valence electrons. The number of hydrogen-bond acceptors (Lipinski definition) is 2. The number of nitrogens with zero attached hydrogens (tertiary/aromatic N) is 1. The summed E-state index contributed by atoms with van der Waals surface area (Å²) < 4.78 is 26.9. The molecule has 1 aliphatic heterocycles. The van der Waals surface area contributed by atoms with Crippen LogP contribution in [-0.2, 0) is 6.54 Å². The number of carbonyl (C=O) groups is 1. The van der Waals surface area contributed by atoms with Crippen molar-refractivity contribution in [3.05, 3.63) is 108 Å². The molecule has 6 heteroatoms. The van der Waals surface area contributed by atoms with Gasteiger partial charge in [-0.05, 0) is 66.4 Å². The highest BCUT2D eigenvalue weighted by atomic mass is 19.1.